The highest BCUT2D eigenvalue weighted by molar-refractivity contribution is 7.92. The zero-order chi connectivity index (χ0) is 20.6. The third kappa shape index (κ3) is 3.92. The van der Waals surface area contributed by atoms with Crippen LogP contribution in [0.1, 0.15) is 5.56 Å². The van der Waals surface area contributed by atoms with Crippen molar-refractivity contribution in [2.24, 2.45) is 0 Å². The molecule has 0 aliphatic heterocycles. The molecule has 4 rings (SSSR count). The average molecular weight is 428 g/mol. The molecular weight excluding hydrogens is 410 g/mol. The van der Waals surface area contributed by atoms with Crippen LogP contribution in [0.4, 0.5) is 5.69 Å². The first-order chi connectivity index (χ1) is 13.9. The highest BCUT2D eigenvalue weighted by Gasteiger charge is 2.18. The van der Waals surface area contributed by atoms with Gasteiger partial charge in [0.05, 0.1) is 23.4 Å². The largest absolute Gasteiger partial charge is 0.495 e. The van der Waals surface area contributed by atoms with Gasteiger partial charge in [0.2, 0.25) is 0 Å². The number of anilines is 1. The smallest absolute Gasteiger partial charge is 0.262 e. The summed E-state index contributed by atoms with van der Waals surface area (Å²) in [6.45, 7) is 2.01. The molecule has 0 aliphatic rings. The van der Waals surface area contributed by atoms with Crippen LogP contribution in [-0.4, -0.2) is 24.9 Å². The summed E-state index contributed by atoms with van der Waals surface area (Å²) in [6.07, 6.45) is 3.84. The molecule has 0 saturated heterocycles. The van der Waals surface area contributed by atoms with Gasteiger partial charge in [-0.15, -0.1) is 0 Å². The quantitative estimate of drug-likeness (QED) is 0.497. The lowest BCUT2D eigenvalue weighted by atomic mass is 10.1. The van der Waals surface area contributed by atoms with Crippen LogP contribution in [0.15, 0.2) is 71.9 Å². The number of imidazole rings is 1. The summed E-state index contributed by atoms with van der Waals surface area (Å²) >= 11 is 5.86. The molecule has 0 aliphatic carbocycles. The van der Waals surface area contributed by atoms with E-state index in [4.69, 9.17) is 16.3 Å². The Labute approximate surface area is 173 Å². The molecule has 0 atom stereocenters. The van der Waals surface area contributed by atoms with Crippen molar-refractivity contribution in [2.75, 3.05) is 11.8 Å². The van der Waals surface area contributed by atoms with Crippen LogP contribution in [-0.2, 0) is 10.0 Å². The molecule has 8 heteroatoms. The van der Waals surface area contributed by atoms with Gasteiger partial charge in [0, 0.05) is 23.0 Å². The number of methoxy groups -OCH3 is 1. The first-order valence-electron chi connectivity index (χ1n) is 8.78. The summed E-state index contributed by atoms with van der Waals surface area (Å²) in [5, 5.41) is 0.464. The van der Waals surface area contributed by atoms with Gasteiger partial charge in [0.15, 0.2) is 0 Å². The number of ether oxygens (including phenoxy) is 1. The fourth-order valence-electron chi connectivity index (χ4n) is 2.99. The highest BCUT2D eigenvalue weighted by Crippen LogP contribution is 2.32. The molecule has 2 heterocycles. The first kappa shape index (κ1) is 19.3. The number of halogens is 1. The van der Waals surface area contributed by atoms with Gasteiger partial charge in [-0.05, 0) is 67.1 Å². The molecule has 0 radical (unpaired) electrons. The van der Waals surface area contributed by atoms with Gasteiger partial charge in [0.25, 0.3) is 10.0 Å². The van der Waals surface area contributed by atoms with E-state index >= 15 is 0 Å². The second kappa shape index (κ2) is 7.42. The summed E-state index contributed by atoms with van der Waals surface area (Å²) in [4.78, 5) is 4.74. The van der Waals surface area contributed by atoms with Crippen LogP contribution in [0.2, 0.25) is 5.02 Å². The average Bonchev–Trinajstić information content (AvgIpc) is 3.11. The van der Waals surface area contributed by atoms with Crippen LogP contribution in [0.5, 0.6) is 5.75 Å². The predicted molar refractivity (Wildman–Crippen MR) is 114 cm³/mol. The van der Waals surface area contributed by atoms with E-state index in [0.717, 1.165) is 22.5 Å². The molecule has 148 valence electrons. The fraction of sp³-hybridized carbons (Fsp3) is 0.0952. The maximum atomic E-state index is 12.8. The van der Waals surface area contributed by atoms with E-state index in [-0.39, 0.29) is 4.90 Å². The summed E-state index contributed by atoms with van der Waals surface area (Å²) in [6, 6.07) is 15.2. The normalized spacial score (nSPS) is 11.6. The zero-order valence-electron chi connectivity index (χ0n) is 15.8. The van der Waals surface area contributed by atoms with Crippen molar-refractivity contribution in [3.05, 3.63) is 77.6 Å². The van der Waals surface area contributed by atoms with Gasteiger partial charge in [-0.1, -0.05) is 11.6 Å². The van der Waals surface area contributed by atoms with E-state index < -0.39 is 10.0 Å². The Bertz CT molecular complexity index is 1300. The molecule has 0 fully saturated rings. The molecular formula is C21H18ClN3O3S. The molecule has 0 amide bonds. The number of fused-ring (bicyclic) bond motifs is 1. The molecule has 0 unspecified atom stereocenters. The minimum absolute atomic E-state index is 0.109. The summed E-state index contributed by atoms with van der Waals surface area (Å²) in [7, 11) is -2.32. The molecule has 1 N–H and O–H groups in total. The predicted octanol–water partition coefficient (Wildman–Crippen LogP) is 4.77. The van der Waals surface area contributed by atoms with Crippen molar-refractivity contribution in [1.82, 2.24) is 9.38 Å². The number of rotatable bonds is 5. The Morgan fingerprint density at radius 2 is 1.83 bits per heavy atom. The van der Waals surface area contributed by atoms with Crippen LogP contribution in [0, 0.1) is 6.92 Å². The lowest BCUT2D eigenvalue weighted by molar-refractivity contribution is 0.417. The number of pyridine rings is 1. The van der Waals surface area contributed by atoms with Gasteiger partial charge < -0.3 is 9.14 Å². The van der Waals surface area contributed by atoms with Crippen molar-refractivity contribution < 1.29 is 13.2 Å². The molecule has 0 saturated carbocycles. The third-order valence-electron chi connectivity index (χ3n) is 4.48. The molecule has 0 spiro atoms. The summed E-state index contributed by atoms with van der Waals surface area (Å²) in [5.74, 6) is 0.408. The Hall–Kier alpha value is -3.03. The molecule has 6 nitrogen and oxygen atoms in total. The zero-order valence-corrected chi connectivity index (χ0v) is 17.3. The van der Waals surface area contributed by atoms with E-state index in [0.29, 0.717) is 16.5 Å². The molecule has 2 aromatic heterocycles. The van der Waals surface area contributed by atoms with Crippen LogP contribution < -0.4 is 9.46 Å². The van der Waals surface area contributed by atoms with E-state index in [1.807, 2.05) is 41.9 Å². The number of aromatic nitrogens is 2. The van der Waals surface area contributed by atoms with Crippen molar-refractivity contribution in [1.29, 1.82) is 0 Å². The maximum absolute atomic E-state index is 12.8. The van der Waals surface area contributed by atoms with Crippen molar-refractivity contribution in [2.45, 2.75) is 11.8 Å². The number of benzene rings is 2. The number of nitrogens with one attached hydrogen (secondary N) is 1. The van der Waals surface area contributed by atoms with E-state index in [2.05, 4.69) is 9.71 Å². The van der Waals surface area contributed by atoms with Gasteiger partial charge >= 0.3 is 0 Å². The number of hydrogen-bond donors (Lipinski definition) is 1. The SMILES string of the molecule is COc1ccc(-c2cn3ccc(C)cc3n2)cc1NS(=O)(=O)c1ccc(Cl)cc1. The minimum atomic E-state index is -3.81. The lowest BCUT2D eigenvalue weighted by Crippen LogP contribution is -2.13. The lowest BCUT2D eigenvalue weighted by Gasteiger charge is -2.13. The van der Waals surface area contributed by atoms with E-state index in [1.165, 1.54) is 31.4 Å². The van der Waals surface area contributed by atoms with Crippen LogP contribution in [0.3, 0.4) is 0 Å². The Morgan fingerprint density at radius 3 is 2.55 bits per heavy atom. The highest BCUT2D eigenvalue weighted by atomic mass is 35.5. The van der Waals surface area contributed by atoms with E-state index in [9.17, 15) is 8.42 Å². The second-order valence-corrected chi connectivity index (χ2v) is 8.69. The Balaban J connectivity index is 1.74. The van der Waals surface area contributed by atoms with Gasteiger partial charge in [-0.2, -0.15) is 0 Å². The number of sulfonamides is 1. The second-order valence-electron chi connectivity index (χ2n) is 6.57. The first-order valence-corrected chi connectivity index (χ1v) is 10.6. The van der Waals surface area contributed by atoms with E-state index in [1.54, 1.807) is 12.1 Å². The standard InChI is InChI=1S/C21H18ClN3O3S/c1-14-9-10-25-13-19(23-21(25)11-14)15-3-8-20(28-2)18(12-15)24-29(26,27)17-6-4-16(22)5-7-17/h3-13,24H,1-2H3. The number of nitrogens with zero attached hydrogens (tertiary/aromatic N) is 2. The summed E-state index contributed by atoms with van der Waals surface area (Å²) < 4.78 is 35.4. The monoisotopic (exact) mass is 427 g/mol. The maximum Gasteiger partial charge on any atom is 0.262 e. The van der Waals surface area contributed by atoms with Gasteiger partial charge in [-0.25, -0.2) is 13.4 Å². The van der Waals surface area contributed by atoms with Crippen LogP contribution >= 0.6 is 11.6 Å². The molecule has 29 heavy (non-hydrogen) atoms. The number of hydrogen-bond acceptors (Lipinski definition) is 4. The minimum Gasteiger partial charge on any atom is -0.495 e. The van der Waals surface area contributed by atoms with Gasteiger partial charge in [-0.3, -0.25) is 4.72 Å². The van der Waals surface area contributed by atoms with Crippen molar-refractivity contribution in [3.63, 3.8) is 0 Å². The van der Waals surface area contributed by atoms with Gasteiger partial charge in [0.1, 0.15) is 11.4 Å². The number of aryl methyl sites for hydroxylation is 1. The topological polar surface area (TPSA) is 72.7 Å². The molecule has 2 aromatic carbocycles. The summed E-state index contributed by atoms with van der Waals surface area (Å²) in [5.41, 5.74) is 3.75. The van der Waals surface area contributed by atoms with Crippen molar-refractivity contribution >= 4 is 33.0 Å². The Kier molecular flexibility index (Phi) is 4.94. The van der Waals surface area contributed by atoms with Crippen LogP contribution in [0.25, 0.3) is 16.9 Å². The third-order valence-corrected chi connectivity index (χ3v) is 6.11. The molecule has 4 aromatic rings. The fourth-order valence-corrected chi connectivity index (χ4v) is 4.17. The Morgan fingerprint density at radius 1 is 1.07 bits per heavy atom. The van der Waals surface area contributed by atoms with Crippen molar-refractivity contribution in [3.8, 4) is 17.0 Å². The molecule has 0 bridgehead atoms.